The fourth-order valence-electron chi connectivity index (χ4n) is 2.04. The van der Waals surface area contributed by atoms with E-state index in [1.54, 1.807) is 0 Å². The SMILES string of the molecule is COC[C@@H]1C[C@H](OC)CN1C(=O)COCC(F)(F)F. The molecule has 5 nitrogen and oxygen atoms in total. The van der Waals surface area contributed by atoms with Crippen LogP contribution in [0.3, 0.4) is 0 Å². The molecule has 0 saturated carbocycles. The first kappa shape index (κ1) is 16.2. The number of likely N-dealkylation sites (tertiary alicyclic amines) is 1. The maximum absolute atomic E-state index is 11.9. The van der Waals surface area contributed by atoms with Crippen molar-refractivity contribution < 1.29 is 32.2 Å². The summed E-state index contributed by atoms with van der Waals surface area (Å²) in [7, 11) is 3.03. The molecule has 0 spiro atoms. The van der Waals surface area contributed by atoms with Gasteiger partial charge in [0.1, 0.15) is 13.2 Å². The largest absolute Gasteiger partial charge is 0.411 e. The van der Waals surface area contributed by atoms with Crippen LogP contribution < -0.4 is 0 Å². The van der Waals surface area contributed by atoms with Crippen LogP contribution in [0.15, 0.2) is 0 Å². The first-order chi connectivity index (χ1) is 8.87. The predicted octanol–water partition coefficient (Wildman–Crippen LogP) is 0.828. The summed E-state index contributed by atoms with van der Waals surface area (Å²) in [5.74, 6) is -0.481. The number of halogens is 3. The van der Waals surface area contributed by atoms with Gasteiger partial charge in [-0.15, -0.1) is 0 Å². The number of amides is 1. The van der Waals surface area contributed by atoms with Crippen LogP contribution in [0.2, 0.25) is 0 Å². The molecule has 0 bridgehead atoms. The van der Waals surface area contributed by atoms with E-state index in [9.17, 15) is 18.0 Å². The van der Waals surface area contributed by atoms with Gasteiger partial charge < -0.3 is 19.1 Å². The molecule has 8 heteroatoms. The van der Waals surface area contributed by atoms with E-state index < -0.39 is 25.3 Å². The van der Waals surface area contributed by atoms with Gasteiger partial charge in [0, 0.05) is 20.8 Å². The number of hydrogen-bond acceptors (Lipinski definition) is 4. The van der Waals surface area contributed by atoms with E-state index in [1.807, 2.05) is 0 Å². The van der Waals surface area contributed by atoms with Crippen LogP contribution >= 0.6 is 0 Å². The molecular weight excluding hydrogens is 267 g/mol. The first-order valence-corrected chi connectivity index (χ1v) is 5.83. The van der Waals surface area contributed by atoms with Gasteiger partial charge in [0.25, 0.3) is 0 Å². The highest BCUT2D eigenvalue weighted by Gasteiger charge is 2.36. The number of carbonyl (C=O) groups is 1. The monoisotopic (exact) mass is 285 g/mol. The molecule has 1 amide bonds. The molecule has 1 aliphatic heterocycles. The maximum atomic E-state index is 11.9. The lowest BCUT2D eigenvalue weighted by atomic mass is 10.2. The predicted molar refractivity (Wildman–Crippen MR) is 59.7 cm³/mol. The Bertz CT molecular complexity index is 298. The van der Waals surface area contributed by atoms with Gasteiger partial charge in [-0.3, -0.25) is 4.79 Å². The second kappa shape index (κ2) is 7.06. The van der Waals surface area contributed by atoms with Gasteiger partial charge in [-0.1, -0.05) is 0 Å². The Hall–Kier alpha value is -0.860. The number of methoxy groups -OCH3 is 2. The summed E-state index contributed by atoms with van der Waals surface area (Å²) >= 11 is 0. The summed E-state index contributed by atoms with van der Waals surface area (Å²) in [4.78, 5) is 13.3. The standard InChI is InChI=1S/C11H18F3NO4/c1-17-5-8-3-9(18-2)4-15(8)10(16)6-19-7-11(12,13)14/h8-9H,3-7H2,1-2H3/t8-,9-/m0/s1. The molecule has 1 aliphatic rings. The van der Waals surface area contributed by atoms with Gasteiger partial charge in [0.15, 0.2) is 0 Å². The van der Waals surface area contributed by atoms with Gasteiger partial charge in [0.2, 0.25) is 5.91 Å². The molecule has 0 aromatic heterocycles. The number of alkyl halides is 3. The molecule has 112 valence electrons. The minimum absolute atomic E-state index is 0.119. The van der Waals surface area contributed by atoms with E-state index in [1.165, 1.54) is 19.1 Å². The van der Waals surface area contributed by atoms with E-state index in [2.05, 4.69) is 4.74 Å². The quantitative estimate of drug-likeness (QED) is 0.725. The van der Waals surface area contributed by atoms with Gasteiger partial charge in [-0.2, -0.15) is 13.2 Å². The normalized spacial score (nSPS) is 23.9. The molecule has 0 aromatic rings. The summed E-state index contributed by atoms with van der Waals surface area (Å²) in [6.07, 6.45) is -3.94. The van der Waals surface area contributed by atoms with Crippen molar-refractivity contribution in [2.45, 2.75) is 24.7 Å². The van der Waals surface area contributed by atoms with Crippen molar-refractivity contribution in [1.29, 1.82) is 0 Å². The van der Waals surface area contributed by atoms with Crippen LogP contribution in [0, 0.1) is 0 Å². The molecule has 0 radical (unpaired) electrons. The second-order valence-electron chi connectivity index (χ2n) is 4.36. The fourth-order valence-corrected chi connectivity index (χ4v) is 2.04. The Balaban J connectivity index is 2.45. The van der Waals surface area contributed by atoms with E-state index in [0.717, 1.165) is 0 Å². The van der Waals surface area contributed by atoms with E-state index >= 15 is 0 Å². The van der Waals surface area contributed by atoms with Crippen molar-refractivity contribution in [3.63, 3.8) is 0 Å². The molecule has 0 N–H and O–H groups in total. The van der Waals surface area contributed by atoms with Crippen molar-refractivity contribution in [2.75, 3.05) is 40.6 Å². The molecule has 1 saturated heterocycles. The molecule has 0 aromatic carbocycles. The van der Waals surface area contributed by atoms with E-state index in [4.69, 9.17) is 9.47 Å². The van der Waals surface area contributed by atoms with Crippen molar-refractivity contribution in [2.24, 2.45) is 0 Å². The lowest BCUT2D eigenvalue weighted by molar-refractivity contribution is -0.178. The summed E-state index contributed by atoms with van der Waals surface area (Å²) in [5.41, 5.74) is 0. The molecule has 1 fully saturated rings. The van der Waals surface area contributed by atoms with Crippen LogP contribution in [0.1, 0.15) is 6.42 Å². The Morgan fingerprint density at radius 1 is 1.37 bits per heavy atom. The summed E-state index contributed by atoms with van der Waals surface area (Å²) in [5, 5.41) is 0. The average Bonchev–Trinajstić information content (AvgIpc) is 2.71. The number of hydrogen-bond donors (Lipinski definition) is 0. The van der Waals surface area contributed by atoms with Gasteiger partial charge in [0.05, 0.1) is 18.8 Å². The van der Waals surface area contributed by atoms with Gasteiger partial charge in [-0.25, -0.2) is 0 Å². The zero-order valence-corrected chi connectivity index (χ0v) is 10.9. The minimum Gasteiger partial charge on any atom is -0.383 e. The number of nitrogens with zero attached hydrogens (tertiary/aromatic N) is 1. The third-order valence-corrected chi connectivity index (χ3v) is 2.88. The van der Waals surface area contributed by atoms with Crippen LogP contribution in [0.5, 0.6) is 0 Å². The van der Waals surface area contributed by atoms with Crippen molar-refractivity contribution in [3.8, 4) is 0 Å². The van der Waals surface area contributed by atoms with Crippen molar-refractivity contribution in [1.82, 2.24) is 4.90 Å². The summed E-state index contributed by atoms with van der Waals surface area (Å²) in [6, 6.07) is -0.183. The van der Waals surface area contributed by atoms with Crippen LogP contribution in [0.4, 0.5) is 13.2 Å². The average molecular weight is 285 g/mol. The number of ether oxygens (including phenoxy) is 3. The lowest BCUT2D eigenvalue weighted by Crippen LogP contribution is -2.41. The first-order valence-electron chi connectivity index (χ1n) is 5.83. The number of carbonyl (C=O) groups excluding carboxylic acids is 1. The number of rotatable bonds is 6. The van der Waals surface area contributed by atoms with Gasteiger partial charge in [-0.05, 0) is 6.42 Å². The zero-order valence-electron chi connectivity index (χ0n) is 10.9. The Morgan fingerprint density at radius 2 is 2.05 bits per heavy atom. The van der Waals surface area contributed by atoms with Crippen LogP contribution in [0.25, 0.3) is 0 Å². The third kappa shape index (κ3) is 5.33. The Kier molecular flexibility index (Phi) is 6.02. The topological polar surface area (TPSA) is 48.0 Å². The summed E-state index contributed by atoms with van der Waals surface area (Å²) in [6.45, 7) is -1.34. The molecule has 2 atom stereocenters. The molecule has 19 heavy (non-hydrogen) atoms. The lowest BCUT2D eigenvalue weighted by Gasteiger charge is -2.23. The molecule has 0 unspecified atom stereocenters. The maximum Gasteiger partial charge on any atom is 0.411 e. The van der Waals surface area contributed by atoms with Gasteiger partial charge >= 0.3 is 6.18 Å². The summed E-state index contributed by atoms with van der Waals surface area (Å²) < 4.78 is 50.2. The highest BCUT2D eigenvalue weighted by Crippen LogP contribution is 2.21. The van der Waals surface area contributed by atoms with Crippen LogP contribution in [-0.4, -0.2) is 69.7 Å². The smallest absolute Gasteiger partial charge is 0.383 e. The highest BCUT2D eigenvalue weighted by atomic mass is 19.4. The molecular formula is C11H18F3NO4. The zero-order chi connectivity index (χ0) is 14.5. The highest BCUT2D eigenvalue weighted by molar-refractivity contribution is 5.78. The third-order valence-electron chi connectivity index (χ3n) is 2.88. The second-order valence-corrected chi connectivity index (χ2v) is 4.36. The molecule has 1 rings (SSSR count). The minimum atomic E-state index is -4.42. The Labute approximate surface area is 109 Å². The van der Waals surface area contributed by atoms with Crippen molar-refractivity contribution in [3.05, 3.63) is 0 Å². The molecule has 1 heterocycles. The van der Waals surface area contributed by atoms with Crippen LogP contribution in [-0.2, 0) is 19.0 Å². The fraction of sp³-hybridized carbons (Fsp3) is 0.909. The van der Waals surface area contributed by atoms with Crippen molar-refractivity contribution >= 4 is 5.91 Å². The van der Waals surface area contributed by atoms with E-state index in [0.29, 0.717) is 19.6 Å². The molecule has 0 aliphatic carbocycles. The Morgan fingerprint density at radius 3 is 2.58 bits per heavy atom. The van der Waals surface area contributed by atoms with E-state index in [-0.39, 0.29) is 12.1 Å².